The average molecular weight is 380 g/mol. The van der Waals surface area contributed by atoms with Gasteiger partial charge in [-0.05, 0) is 29.6 Å². The first kappa shape index (κ1) is 19.5. The summed E-state index contributed by atoms with van der Waals surface area (Å²) in [5, 5.41) is 8.63. The normalized spacial score (nSPS) is 10.6. The number of carbonyl (C=O) groups is 2. The predicted octanol–water partition coefficient (Wildman–Crippen LogP) is 3.05. The molecule has 0 aliphatic heterocycles. The Balaban J connectivity index is 1.72. The largest absolute Gasteiger partial charge is 0.416 e. The first-order valence-corrected chi connectivity index (χ1v) is 8.54. The van der Waals surface area contributed by atoms with E-state index in [2.05, 4.69) is 22.5 Å². The van der Waals surface area contributed by atoms with Gasteiger partial charge in [-0.25, -0.2) is 0 Å². The summed E-state index contributed by atoms with van der Waals surface area (Å²) in [5.41, 5.74) is -0.00541. The molecule has 1 heterocycles. The predicted molar refractivity (Wildman–Crippen MR) is 92.6 cm³/mol. The summed E-state index contributed by atoms with van der Waals surface area (Å²) >= 11 is 1.40. The van der Waals surface area contributed by atoms with E-state index in [1.807, 2.05) is 0 Å². The third-order valence-electron chi connectivity index (χ3n) is 3.22. The molecule has 0 fully saturated rings. The van der Waals surface area contributed by atoms with E-state index < -0.39 is 11.7 Å². The molecule has 0 atom stereocenters. The molecule has 2 aromatic rings. The summed E-state index contributed by atoms with van der Waals surface area (Å²) in [6.45, 7) is 0.190. The van der Waals surface area contributed by atoms with Crippen molar-refractivity contribution in [1.29, 1.82) is 0 Å². The van der Waals surface area contributed by atoms with Crippen molar-refractivity contribution in [3.63, 3.8) is 0 Å². The van der Waals surface area contributed by atoms with Gasteiger partial charge in [-0.2, -0.15) is 24.5 Å². The van der Waals surface area contributed by atoms with Crippen LogP contribution in [0.5, 0.6) is 0 Å². The number of halogens is 3. The lowest BCUT2D eigenvalue weighted by atomic mass is 10.1. The molecule has 0 unspecified atom stereocenters. The molecule has 26 heavy (non-hydrogen) atoms. The first-order chi connectivity index (χ1) is 12.4. The van der Waals surface area contributed by atoms with Gasteiger partial charge in [-0.3, -0.25) is 9.59 Å². The van der Waals surface area contributed by atoms with Crippen LogP contribution in [0.4, 0.5) is 13.2 Å². The molecule has 1 aromatic carbocycles. The van der Waals surface area contributed by atoms with Crippen LogP contribution in [0.2, 0.25) is 0 Å². The van der Waals surface area contributed by atoms with Crippen molar-refractivity contribution < 1.29 is 22.8 Å². The fraction of sp³-hybridized carbons (Fsp3) is 0.222. The Labute approximate surface area is 152 Å². The average Bonchev–Trinajstić information content (AvgIpc) is 3.13. The maximum absolute atomic E-state index is 12.6. The van der Waals surface area contributed by atoms with E-state index in [4.69, 9.17) is 0 Å². The van der Waals surface area contributed by atoms with Crippen molar-refractivity contribution >= 4 is 23.2 Å². The van der Waals surface area contributed by atoms with Crippen molar-refractivity contribution in [2.75, 3.05) is 13.1 Å². The molecule has 0 aliphatic rings. The number of thiophene rings is 1. The number of rotatable bonds is 5. The summed E-state index contributed by atoms with van der Waals surface area (Å²) in [6, 6.07) is 6.35. The van der Waals surface area contributed by atoms with Crippen molar-refractivity contribution in [3.8, 4) is 11.8 Å². The molecule has 8 heteroatoms. The van der Waals surface area contributed by atoms with Gasteiger partial charge in [0, 0.05) is 29.5 Å². The Morgan fingerprint density at radius 3 is 2.65 bits per heavy atom. The Morgan fingerprint density at radius 1 is 1.15 bits per heavy atom. The Hall–Kier alpha value is -2.79. The molecule has 2 rings (SSSR count). The zero-order chi connectivity index (χ0) is 19.0. The summed E-state index contributed by atoms with van der Waals surface area (Å²) in [5.74, 6) is 4.61. The quantitative estimate of drug-likeness (QED) is 0.784. The Bertz CT molecular complexity index is 821. The van der Waals surface area contributed by atoms with Gasteiger partial charge in [0.15, 0.2) is 0 Å². The molecule has 0 bridgehead atoms. The molecule has 2 amide bonds. The standard InChI is InChI=1S/C18H15F3N2O2S/c19-18(20,21)15-5-1-3-13(11-15)4-2-8-22-16(24)6-9-23-17(25)14-7-10-26-12-14/h1,3,5,7,10-12H,6,8-9H2,(H,22,24)(H,23,25). The molecule has 0 spiro atoms. The maximum atomic E-state index is 12.6. The van der Waals surface area contributed by atoms with Crippen LogP contribution < -0.4 is 10.6 Å². The lowest BCUT2D eigenvalue weighted by Gasteiger charge is -2.05. The van der Waals surface area contributed by atoms with E-state index in [1.54, 1.807) is 16.8 Å². The van der Waals surface area contributed by atoms with E-state index >= 15 is 0 Å². The number of hydrogen-bond donors (Lipinski definition) is 2. The van der Waals surface area contributed by atoms with Gasteiger partial charge in [-0.15, -0.1) is 0 Å². The highest BCUT2D eigenvalue weighted by Gasteiger charge is 2.30. The Morgan fingerprint density at radius 2 is 1.96 bits per heavy atom. The summed E-state index contributed by atoms with van der Waals surface area (Å²) < 4.78 is 37.8. The topological polar surface area (TPSA) is 58.2 Å². The van der Waals surface area contributed by atoms with Crippen LogP contribution in [0.1, 0.15) is 27.9 Å². The Kier molecular flexibility index (Phi) is 6.81. The fourth-order valence-corrected chi connectivity index (χ4v) is 2.57. The number of alkyl halides is 3. The lowest BCUT2D eigenvalue weighted by Crippen LogP contribution is -2.30. The highest BCUT2D eigenvalue weighted by Crippen LogP contribution is 2.29. The minimum absolute atomic E-state index is 0.00750. The highest BCUT2D eigenvalue weighted by atomic mass is 32.1. The molecular weight excluding hydrogens is 365 g/mol. The third kappa shape index (κ3) is 6.26. The second kappa shape index (κ2) is 9.06. The SMILES string of the molecule is O=C(CCNC(=O)c1ccsc1)NCC#Cc1cccc(C(F)(F)F)c1. The van der Waals surface area contributed by atoms with Gasteiger partial charge in [0.25, 0.3) is 5.91 Å². The van der Waals surface area contributed by atoms with Gasteiger partial charge < -0.3 is 10.6 Å². The van der Waals surface area contributed by atoms with E-state index in [9.17, 15) is 22.8 Å². The van der Waals surface area contributed by atoms with Crippen molar-refractivity contribution in [2.45, 2.75) is 12.6 Å². The first-order valence-electron chi connectivity index (χ1n) is 7.59. The van der Waals surface area contributed by atoms with E-state index in [0.29, 0.717) is 5.56 Å². The van der Waals surface area contributed by atoms with Gasteiger partial charge in [-0.1, -0.05) is 17.9 Å². The van der Waals surface area contributed by atoms with Crippen LogP contribution in [0.3, 0.4) is 0 Å². The summed E-state index contributed by atoms with van der Waals surface area (Å²) in [4.78, 5) is 23.3. The third-order valence-corrected chi connectivity index (χ3v) is 3.90. The second-order valence-corrected chi connectivity index (χ2v) is 5.96. The molecule has 4 nitrogen and oxygen atoms in total. The van der Waals surface area contributed by atoms with Crippen LogP contribution in [-0.4, -0.2) is 24.9 Å². The zero-order valence-electron chi connectivity index (χ0n) is 13.5. The second-order valence-electron chi connectivity index (χ2n) is 5.17. The monoisotopic (exact) mass is 380 g/mol. The number of carbonyl (C=O) groups excluding carboxylic acids is 2. The summed E-state index contributed by atoms with van der Waals surface area (Å²) in [7, 11) is 0. The van der Waals surface area contributed by atoms with Gasteiger partial charge in [0.05, 0.1) is 12.1 Å². The van der Waals surface area contributed by atoms with E-state index in [0.717, 1.165) is 12.1 Å². The number of nitrogens with one attached hydrogen (secondary N) is 2. The van der Waals surface area contributed by atoms with Gasteiger partial charge in [0.2, 0.25) is 5.91 Å². The van der Waals surface area contributed by atoms with Crippen LogP contribution in [-0.2, 0) is 11.0 Å². The van der Waals surface area contributed by atoms with Crippen molar-refractivity contribution in [3.05, 3.63) is 57.8 Å². The maximum Gasteiger partial charge on any atom is 0.416 e. The fourth-order valence-electron chi connectivity index (χ4n) is 1.94. The lowest BCUT2D eigenvalue weighted by molar-refractivity contribution is -0.137. The number of benzene rings is 1. The molecular formula is C18H15F3N2O2S. The highest BCUT2D eigenvalue weighted by molar-refractivity contribution is 7.08. The van der Waals surface area contributed by atoms with Crippen LogP contribution in [0.15, 0.2) is 41.1 Å². The number of amides is 2. The van der Waals surface area contributed by atoms with Crippen LogP contribution in [0.25, 0.3) is 0 Å². The number of hydrogen-bond acceptors (Lipinski definition) is 3. The van der Waals surface area contributed by atoms with Crippen LogP contribution >= 0.6 is 11.3 Å². The van der Waals surface area contributed by atoms with E-state index in [1.165, 1.54) is 23.5 Å². The minimum atomic E-state index is -4.42. The molecule has 0 aliphatic carbocycles. The molecule has 1 aromatic heterocycles. The van der Waals surface area contributed by atoms with Gasteiger partial charge >= 0.3 is 6.18 Å². The van der Waals surface area contributed by atoms with Crippen molar-refractivity contribution in [1.82, 2.24) is 10.6 Å². The van der Waals surface area contributed by atoms with Crippen molar-refractivity contribution in [2.24, 2.45) is 0 Å². The molecule has 0 saturated heterocycles. The molecule has 0 radical (unpaired) electrons. The smallest absolute Gasteiger partial charge is 0.351 e. The van der Waals surface area contributed by atoms with Crippen LogP contribution in [0, 0.1) is 11.8 Å². The summed E-state index contributed by atoms with van der Waals surface area (Å²) in [6.07, 6.45) is -4.33. The molecule has 2 N–H and O–H groups in total. The minimum Gasteiger partial charge on any atom is -0.351 e. The zero-order valence-corrected chi connectivity index (χ0v) is 14.3. The molecule has 0 saturated carbocycles. The molecule has 136 valence electrons. The van der Waals surface area contributed by atoms with Gasteiger partial charge in [0.1, 0.15) is 0 Å². The van der Waals surface area contributed by atoms with E-state index in [-0.39, 0.29) is 36.9 Å².